The molecule has 1 nitrogen and oxygen atoms in total. The van der Waals surface area contributed by atoms with Crippen molar-refractivity contribution in [2.45, 2.75) is 10.8 Å². The van der Waals surface area contributed by atoms with Crippen LogP contribution < -0.4 is 4.90 Å². The lowest BCUT2D eigenvalue weighted by Crippen LogP contribution is -2.28. The molecule has 0 saturated heterocycles. The van der Waals surface area contributed by atoms with E-state index in [2.05, 4.69) is 235 Å². The molecule has 0 fully saturated rings. The first-order chi connectivity index (χ1) is 37.4. The van der Waals surface area contributed by atoms with Gasteiger partial charge in [0.2, 0.25) is 0 Å². The van der Waals surface area contributed by atoms with Crippen LogP contribution >= 0.6 is 11.3 Å². The topological polar surface area (TPSA) is 3.24 Å². The van der Waals surface area contributed by atoms with Crippen LogP contribution in [-0.4, -0.2) is 0 Å². The third kappa shape index (κ3) is 6.39. The molecule has 0 saturated carbocycles. The Kier molecular flexibility index (Phi) is 8.94. The van der Waals surface area contributed by atoms with Crippen LogP contribution in [0.5, 0.6) is 0 Å². The minimum atomic E-state index is -0.692. The first kappa shape index (κ1) is 38.0. The standard InChI is InChI=1S/C70H47NS/c1-5-22-53(23-6-1)69(54-24-7-2-8-25-54)64-33-15-13-31-60(64)62-38-35-51(46-66(62)69)49-20-17-19-48(43-49)50-21-18-30-57(44-50)71(58-37-40-68-52(45-58)41-42-72-68)59-36-39-63-61-32-14-16-34-65(61)70(67(63)47-59,55-26-9-3-10-27-55)56-28-11-4-12-29-56/h1-47H/i17D,19D,20D,43D. The molecule has 0 aliphatic heterocycles. The molecule has 11 aromatic carbocycles. The summed E-state index contributed by atoms with van der Waals surface area (Å²) in [5.41, 5.74) is 17.2. The molecule has 0 radical (unpaired) electrons. The summed E-state index contributed by atoms with van der Waals surface area (Å²) in [6.45, 7) is 0. The first-order valence-electron chi connectivity index (χ1n) is 26.6. The molecular formula is C70H47NS. The fourth-order valence-electron chi connectivity index (χ4n) is 12.1. The molecule has 0 spiro atoms. The van der Waals surface area contributed by atoms with Gasteiger partial charge in [-0.1, -0.05) is 218 Å². The average molecular weight is 938 g/mol. The van der Waals surface area contributed by atoms with Gasteiger partial charge in [0.05, 0.1) is 16.3 Å². The summed E-state index contributed by atoms with van der Waals surface area (Å²) in [5, 5.41) is 3.26. The number of thiophene rings is 1. The maximum Gasteiger partial charge on any atom is 0.0714 e. The zero-order chi connectivity index (χ0) is 51.1. The monoisotopic (exact) mass is 937 g/mol. The summed E-state index contributed by atoms with van der Waals surface area (Å²) >= 11 is 1.72. The third-order valence-corrected chi connectivity index (χ3v) is 16.1. The van der Waals surface area contributed by atoms with Crippen LogP contribution in [0.25, 0.3) is 54.6 Å². The number of rotatable bonds is 9. The van der Waals surface area contributed by atoms with Gasteiger partial charge in [0.15, 0.2) is 0 Å². The Bertz CT molecular complexity index is 4150. The average Bonchev–Trinajstić information content (AvgIpc) is 4.37. The number of hydrogen-bond acceptors (Lipinski definition) is 2. The van der Waals surface area contributed by atoms with Crippen LogP contribution in [0.3, 0.4) is 0 Å². The SMILES string of the molecule is [2H]c1c([2H])c(-c2cccc(N(c3ccc4c(c3)C(c3ccccc3)(c3ccccc3)c3ccccc3-4)c3ccc4sccc4c3)c2)c([2H])c(-c2ccc3c(c2)C(c2ccccc2)(c2ccccc2)c2ccccc2-3)c1[2H]. The van der Waals surface area contributed by atoms with Gasteiger partial charge in [0.1, 0.15) is 0 Å². The van der Waals surface area contributed by atoms with Crippen molar-refractivity contribution in [3.63, 3.8) is 0 Å². The van der Waals surface area contributed by atoms with Crippen LogP contribution in [0.15, 0.2) is 284 Å². The lowest BCUT2D eigenvalue weighted by atomic mass is 9.67. The minimum Gasteiger partial charge on any atom is -0.310 e. The summed E-state index contributed by atoms with van der Waals surface area (Å²) < 4.78 is 39.9. The predicted octanol–water partition coefficient (Wildman–Crippen LogP) is 18.4. The van der Waals surface area contributed by atoms with E-state index in [4.69, 9.17) is 0 Å². The Morgan fingerprint density at radius 2 is 0.792 bits per heavy atom. The molecule has 0 atom stereocenters. The molecule has 12 aromatic rings. The molecule has 72 heavy (non-hydrogen) atoms. The molecule has 0 amide bonds. The quantitative estimate of drug-likeness (QED) is 0.139. The van der Waals surface area contributed by atoms with E-state index in [1.165, 1.54) is 43.6 Å². The van der Waals surface area contributed by atoms with Crippen LogP contribution in [0.1, 0.15) is 50.0 Å². The Hall–Kier alpha value is -8.82. The van der Waals surface area contributed by atoms with Crippen molar-refractivity contribution in [3.8, 4) is 44.5 Å². The van der Waals surface area contributed by atoms with Gasteiger partial charge in [-0.3, -0.25) is 0 Å². The van der Waals surface area contributed by atoms with Gasteiger partial charge in [-0.25, -0.2) is 0 Å². The van der Waals surface area contributed by atoms with E-state index in [9.17, 15) is 5.48 Å². The fourth-order valence-corrected chi connectivity index (χ4v) is 12.9. The minimum absolute atomic E-state index is 0.0423. The van der Waals surface area contributed by atoms with Gasteiger partial charge in [-0.05, 0) is 160 Å². The largest absolute Gasteiger partial charge is 0.310 e. The maximum absolute atomic E-state index is 10.2. The van der Waals surface area contributed by atoms with Crippen LogP contribution in [0, 0.1) is 0 Å². The summed E-state index contributed by atoms with van der Waals surface area (Å²) in [4.78, 5) is 2.28. The van der Waals surface area contributed by atoms with Crippen molar-refractivity contribution in [2.75, 3.05) is 4.90 Å². The number of anilines is 3. The Morgan fingerprint density at radius 1 is 0.333 bits per heavy atom. The smallest absolute Gasteiger partial charge is 0.0714 e. The summed E-state index contributed by atoms with van der Waals surface area (Å²) in [6.07, 6.45) is 0. The summed E-state index contributed by atoms with van der Waals surface area (Å²) in [5.74, 6) is 0. The first-order valence-corrected chi connectivity index (χ1v) is 25.4. The Morgan fingerprint density at radius 3 is 1.38 bits per heavy atom. The van der Waals surface area contributed by atoms with E-state index in [0.717, 1.165) is 50.3 Å². The maximum atomic E-state index is 10.2. The molecule has 0 unspecified atom stereocenters. The van der Waals surface area contributed by atoms with Gasteiger partial charge in [-0.2, -0.15) is 0 Å². The van der Waals surface area contributed by atoms with Gasteiger partial charge < -0.3 is 4.90 Å². The molecule has 2 heteroatoms. The Balaban J connectivity index is 0.961. The number of hydrogen-bond donors (Lipinski definition) is 0. The molecule has 2 aliphatic carbocycles. The van der Waals surface area contributed by atoms with Crippen LogP contribution in [0.2, 0.25) is 0 Å². The lowest BCUT2D eigenvalue weighted by molar-refractivity contribution is 0.768. The van der Waals surface area contributed by atoms with Crippen molar-refractivity contribution in [2.24, 2.45) is 0 Å². The van der Waals surface area contributed by atoms with Crippen molar-refractivity contribution in [1.29, 1.82) is 0 Å². The lowest BCUT2D eigenvalue weighted by Gasteiger charge is -2.35. The molecule has 1 aromatic heterocycles. The molecule has 0 bridgehead atoms. The number of fused-ring (bicyclic) bond motifs is 7. The highest BCUT2D eigenvalue weighted by Crippen LogP contribution is 2.59. The zero-order valence-corrected chi connectivity index (χ0v) is 40.0. The van der Waals surface area contributed by atoms with Gasteiger partial charge in [0, 0.05) is 21.8 Å². The summed E-state index contributed by atoms with van der Waals surface area (Å²) in [7, 11) is 0. The molecule has 1 heterocycles. The van der Waals surface area contributed by atoms with Crippen molar-refractivity contribution >= 4 is 38.5 Å². The van der Waals surface area contributed by atoms with E-state index in [-0.39, 0.29) is 24.2 Å². The normalized spacial score (nSPS) is 14.3. The van der Waals surface area contributed by atoms with Crippen molar-refractivity contribution < 1.29 is 5.48 Å². The fraction of sp³-hybridized carbons (Fsp3) is 0.0286. The second kappa shape index (κ2) is 16.9. The van der Waals surface area contributed by atoms with Crippen molar-refractivity contribution in [3.05, 3.63) is 329 Å². The molecule has 14 rings (SSSR count). The van der Waals surface area contributed by atoms with E-state index in [1.807, 2.05) is 30.3 Å². The Labute approximate surface area is 430 Å². The molecule has 338 valence electrons. The second-order valence-electron chi connectivity index (χ2n) is 18.8. The molecule has 0 N–H and O–H groups in total. The van der Waals surface area contributed by atoms with E-state index in [0.29, 0.717) is 22.3 Å². The highest BCUT2D eigenvalue weighted by Gasteiger charge is 2.47. The van der Waals surface area contributed by atoms with Crippen molar-refractivity contribution in [1.82, 2.24) is 0 Å². The van der Waals surface area contributed by atoms with Gasteiger partial charge in [-0.15, -0.1) is 11.3 Å². The number of nitrogens with zero attached hydrogens (tertiary/aromatic N) is 1. The second-order valence-corrected chi connectivity index (χ2v) is 19.8. The zero-order valence-electron chi connectivity index (χ0n) is 43.2. The predicted molar refractivity (Wildman–Crippen MR) is 302 cm³/mol. The molecule has 2 aliphatic rings. The molecular weight excluding hydrogens is 887 g/mol. The highest BCUT2D eigenvalue weighted by atomic mass is 32.1. The van der Waals surface area contributed by atoms with Crippen LogP contribution in [0.4, 0.5) is 17.1 Å². The van der Waals surface area contributed by atoms with E-state index in [1.54, 1.807) is 11.3 Å². The third-order valence-electron chi connectivity index (χ3n) is 15.2. The van der Waals surface area contributed by atoms with E-state index >= 15 is 0 Å². The van der Waals surface area contributed by atoms with Gasteiger partial charge in [0.25, 0.3) is 0 Å². The van der Waals surface area contributed by atoms with Gasteiger partial charge >= 0.3 is 0 Å². The van der Waals surface area contributed by atoms with Crippen LogP contribution in [-0.2, 0) is 10.8 Å². The number of benzene rings is 11. The summed E-state index contributed by atoms with van der Waals surface area (Å²) in [6, 6.07) is 89.7. The highest BCUT2D eigenvalue weighted by molar-refractivity contribution is 7.17. The van der Waals surface area contributed by atoms with E-state index < -0.39 is 10.8 Å².